The Labute approximate surface area is 118 Å². The number of aliphatic hydroxyl groups is 1. The molecule has 1 fully saturated rings. The molecular formula is C16H19NO3. The number of carbonyl (C=O) groups is 2. The SMILES string of the molecule is CC[C@@H](C)/C(O)=C1/C(=O)N[C@@H](Cc2ccccc2)C1=O. The van der Waals surface area contributed by atoms with Gasteiger partial charge < -0.3 is 10.4 Å². The lowest BCUT2D eigenvalue weighted by Gasteiger charge is -2.09. The second-order valence-electron chi connectivity index (χ2n) is 5.15. The maximum Gasteiger partial charge on any atom is 0.259 e. The number of amides is 1. The molecule has 2 atom stereocenters. The molecule has 0 aliphatic carbocycles. The maximum atomic E-state index is 12.3. The molecule has 0 saturated carbocycles. The van der Waals surface area contributed by atoms with Gasteiger partial charge in [-0.2, -0.15) is 0 Å². The number of nitrogens with one attached hydrogen (secondary N) is 1. The molecule has 2 rings (SSSR count). The van der Waals surface area contributed by atoms with Gasteiger partial charge in [-0.25, -0.2) is 0 Å². The summed E-state index contributed by atoms with van der Waals surface area (Å²) in [6.07, 6.45) is 1.13. The Hall–Kier alpha value is -2.10. The molecule has 0 unspecified atom stereocenters. The molecule has 4 heteroatoms. The van der Waals surface area contributed by atoms with E-state index in [1.54, 1.807) is 6.92 Å². The second kappa shape index (κ2) is 5.90. The largest absolute Gasteiger partial charge is 0.511 e. The van der Waals surface area contributed by atoms with Crippen LogP contribution in [0.1, 0.15) is 25.8 Å². The summed E-state index contributed by atoms with van der Waals surface area (Å²) in [5, 5.41) is 12.7. The summed E-state index contributed by atoms with van der Waals surface area (Å²) < 4.78 is 0. The van der Waals surface area contributed by atoms with E-state index in [-0.39, 0.29) is 23.0 Å². The third kappa shape index (κ3) is 2.74. The zero-order chi connectivity index (χ0) is 14.7. The molecule has 1 saturated heterocycles. The third-order valence-electron chi connectivity index (χ3n) is 3.71. The van der Waals surface area contributed by atoms with Crippen LogP contribution in [0.3, 0.4) is 0 Å². The van der Waals surface area contributed by atoms with Crippen molar-refractivity contribution in [1.29, 1.82) is 0 Å². The summed E-state index contributed by atoms with van der Waals surface area (Å²) in [4.78, 5) is 24.2. The molecule has 0 bridgehead atoms. The molecule has 1 aliphatic heterocycles. The van der Waals surface area contributed by atoms with Crippen LogP contribution in [0.4, 0.5) is 0 Å². The van der Waals surface area contributed by atoms with Gasteiger partial charge >= 0.3 is 0 Å². The van der Waals surface area contributed by atoms with Crippen molar-refractivity contribution in [2.75, 3.05) is 0 Å². The maximum absolute atomic E-state index is 12.3. The van der Waals surface area contributed by atoms with Gasteiger partial charge in [-0.05, 0) is 12.0 Å². The van der Waals surface area contributed by atoms with Gasteiger partial charge in [0, 0.05) is 12.3 Å². The average Bonchev–Trinajstić information content (AvgIpc) is 2.73. The minimum Gasteiger partial charge on any atom is -0.511 e. The van der Waals surface area contributed by atoms with Crippen LogP contribution in [-0.4, -0.2) is 22.8 Å². The van der Waals surface area contributed by atoms with Crippen molar-refractivity contribution in [2.45, 2.75) is 32.7 Å². The van der Waals surface area contributed by atoms with E-state index < -0.39 is 11.9 Å². The topological polar surface area (TPSA) is 66.4 Å². The van der Waals surface area contributed by atoms with Gasteiger partial charge in [-0.3, -0.25) is 9.59 Å². The normalized spacial score (nSPS) is 22.6. The van der Waals surface area contributed by atoms with Crippen LogP contribution < -0.4 is 5.32 Å². The Morgan fingerprint density at radius 2 is 1.95 bits per heavy atom. The quantitative estimate of drug-likeness (QED) is 0.502. The fourth-order valence-corrected chi connectivity index (χ4v) is 2.26. The third-order valence-corrected chi connectivity index (χ3v) is 3.71. The summed E-state index contributed by atoms with van der Waals surface area (Å²) >= 11 is 0. The van der Waals surface area contributed by atoms with Gasteiger partial charge in [0.25, 0.3) is 5.91 Å². The summed E-state index contributed by atoms with van der Waals surface area (Å²) in [5.74, 6) is -1.05. The molecule has 1 aromatic rings. The van der Waals surface area contributed by atoms with E-state index in [1.165, 1.54) is 0 Å². The summed E-state index contributed by atoms with van der Waals surface area (Å²) in [7, 11) is 0. The van der Waals surface area contributed by atoms with Gasteiger partial charge in [0.15, 0.2) is 5.78 Å². The lowest BCUT2D eigenvalue weighted by atomic mass is 9.97. The number of benzene rings is 1. The van der Waals surface area contributed by atoms with E-state index in [9.17, 15) is 14.7 Å². The Bertz CT molecular complexity index is 548. The number of carbonyl (C=O) groups excluding carboxylic acids is 2. The van der Waals surface area contributed by atoms with Crippen molar-refractivity contribution in [2.24, 2.45) is 5.92 Å². The van der Waals surface area contributed by atoms with E-state index in [2.05, 4.69) is 5.32 Å². The van der Waals surface area contributed by atoms with Crippen molar-refractivity contribution in [1.82, 2.24) is 5.32 Å². The number of hydrogen-bond acceptors (Lipinski definition) is 3. The van der Waals surface area contributed by atoms with Gasteiger partial charge in [-0.1, -0.05) is 44.2 Å². The van der Waals surface area contributed by atoms with Crippen molar-refractivity contribution in [3.8, 4) is 0 Å². The first kappa shape index (κ1) is 14.3. The standard InChI is InChI=1S/C16H19NO3/c1-3-10(2)14(18)13-15(19)12(17-16(13)20)9-11-7-5-4-6-8-11/h4-8,10,12,18H,3,9H2,1-2H3,(H,17,20)/b14-13-/t10-,12+/m1/s1. The highest BCUT2D eigenvalue weighted by atomic mass is 16.3. The Balaban J connectivity index is 2.21. The highest BCUT2D eigenvalue weighted by Gasteiger charge is 2.38. The van der Waals surface area contributed by atoms with Crippen LogP contribution in [0.2, 0.25) is 0 Å². The Morgan fingerprint density at radius 1 is 1.30 bits per heavy atom. The fraction of sp³-hybridized carbons (Fsp3) is 0.375. The highest BCUT2D eigenvalue weighted by molar-refractivity contribution is 6.26. The van der Waals surface area contributed by atoms with Gasteiger partial charge in [-0.15, -0.1) is 0 Å². The predicted molar refractivity (Wildman–Crippen MR) is 76.2 cm³/mol. The molecule has 20 heavy (non-hydrogen) atoms. The fourth-order valence-electron chi connectivity index (χ4n) is 2.26. The average molecular weight is 273 g/mol. The van der Waals surface area contributed by atoms with E-state index >= 15 is 0 Å². The zero-order valence-electron chi connectivity index (χ0n) is 11.7. The Kier molecular flexibility index (Phi) is 4.23. The number of rotatable bonds is 4. The lowest BCUT2D eigenvalue weighted by molar-refractivity contribution is -0.117. The number of aliphatic hydroxyl groups excluding tert-OH is 1. The molecule has 106 valence electrons. The summed E-state index contributed by atoms with van der Waals surface area (Å²) in [6.45, 7) is 3.70. The number of allylic oxidation sites excluding steroid dienone is 1. The van der Waals surface area contributed by atoms with E-state index in [0.717, 1.165) is 5.56 Å². The van der Waals surface area contributed by atoms with Crippen molar-refractivity contribution < 1.29 is 14.7 Å². The first-order valence-corrected chi connectivity index (χ1v) is 6.86. The van der Waals surface area contributed by atoms with Crippen LogP contribution >= 0.6 is 0 Å². The van der Waals surface area contributed by atoms with Crippen LogP contribution in [0.25, 0.3) is 0 Å². The van der Waals surface area contributed by atoms with Crippen LogP contribution in [-0.2, 0) is 16.0 Å². The molecule has 1 aromatic carbocycles. The summed E-state index contributed by atoms with van der Waals surface area (Å²) in [6, 6.07) is 8.93. The molecule has 1 aliphatic rings. The molecule has 0 radical (unpaired) electrons. The molecule has 1 heterocycles. The number of hydrogen-bond donors (Lipinski definition) is 2. The highest BCUT2D eigenvalue weighted by Crippen LogP contribution is 2.22. The van der Waals surface area contributed by atoms with E-state index in [0.29, 0.717) is 12.8 Å². The van der Waals surface area contributed by atoms with Gasteiger partial charge in [0.1, 0.15) is 11.3 Å². The van der Waals surface area contributed by atoms with E-state index in [1.807, 2.05) is 37.3 Å². The Morgan fingerprint density at radius 3 is 2.55 bits per heavy atom. The molecule has 0 spiro atoms. The second-order valence-corrected chi connectivity index (χ2v) is 5.15. The number of Topliss-reactive ketones (excluding diaryl/α,β-unsaturated/α-hetero) is 1. The monoisotopic (exact) mass is 273 g/mol. The predicted octanol–water partition coefficient (Wildman–Crippen LogP) is 2.15. The smallest absolute Gasteiger partial charge is 0.259 e. The van der Waals surface area contributed by atoms with Gasteiger partial charge in [0.2, 0.25) is 0 Å². The molecule has 4 nitrogen and oxygen atoms in total. The van der Waals surface area contributed by atoms with Crippen LogP contribution in [0.5, 0.6) is 0 Å². The number of ketones is 1. The van der Waals surface area contributed by atoms with Gasteiger partial charge in [0.05, 0.1) is 6.04 Å². The first-order valence-electron chi connectivity index (χ1n) is 6.86. The first-order chi connectivity index (χ1) is 9.54. The minimum atomic E-state index is -0.578. The molecule has 1 amide bonds. The van der Waals surface area contributed by atoms with Crippen molar-refractivity contribution in [3.63, 3.8) is 0 Å². The zero-order valence-corrected chi connectivity index (χ0v) is 11.7. The molecule has 0 aromatic heterocycles. The van der Waals surface area contributed by atoms with E-state index in [4.69, 9.17) is 0 Å². The van der Waals surface area contributed by atoms with Crippen molar-refractivity contribution >= 4 is 11.7 Å². The van der Waals surface area contributed by atoms with Crippen molar-refractivity contribution in [3.05, 3.63) is 47.2 Å². The lowest BCUT2D eigenvalue weighted by Crippen LogP contribution is -2.31. The molecular weight excluding hydrogens is 254 g/mol. The molecule has 2 N–H and O–H groups in total. The van der Waals surface area contributed by atoms with Crippen LogP contribution in [0.15, 0.2) is 41.7 Å². The summed E-state index contributed by atoms with van der Waals surface area (Å²) in [5.41, 5.74) is 0.913. The minimum absolute atomic E-state index is 0.0692. The van der Waals surface area contributed by atoms with Crippen LogP contribution in [0, 0.1) is 5.92 Å².